The third-order valence-corrected chi connectivity index (χ3v) is 6.68. The van der Waals surface area contributed by atoms with E-state index in [4.69, 9.17) is 0 Å². The molecule has 29 heavy (non-hydrogen) atoms. The zero-order chi connectivity index (χ0) is 19.5. The molecule has 2 heterocycles. The molecule has 1 fully saturated rings. The monoisotopic (exact) mass is 433 g/mol. The van der Waals surface area contributed by atoms with Crippen LogP contribution in [0, 0.1) is 0 Å². The first-order valence-corrected chi connectivity index (χ1v) is 11.0. The second-order valence-corrected chi connectivity index (χ2v) is 8.60. The van der Waals surface area contributed by atoms with Crippen molar-refractivity contribution in [3.63, 3.8) is 0 Å². The molecule has 156 valence electrons. The van der Waals surface area contributed by atoms with E-state index in [9.17, 15) is 9.59 Å². The molecule has 1 unspecified atom stereocenters. The third kappa shape index (κ3) is 4.82. The summed E-state index contributed by atoms with van der Waals surface area (Å²) in [7, 11) is 1.94. The average Bonchev–Trinajstić information content (AvgIpc) is 3.20. The summed E-state index contributed by atoms with van der Waals surface area (Å²) in [5.74, 6) is -0.140. The van der Waals surface area contributed by atoms with Gasteiger partial charge in [0.25, 0.3) is 11.8 Å². The Morgan fingerprint density at radius 3 is 2.69 bits per heavy atom. The molecule has 0 radical (unpaired) electrons. The molecule has 4 rings (SSSR count). The lowest BCUT2D eigenvalue weighted by molar-refractivity contribution is 0.0699. The maximum atomic E-state index is 13.0. The van der Waals surface area contributed by atoms with Crippen LogP contribution in [0.3, 0.4) is 0 Å². The Labute approximate surface area is 182 Å². The average molecular weight is 434 g/mol. The van der Waals surface area contributed by atoms with Crippen molar-refractivity contribution in [3.05, 3.63) is 51.9 Å². The lowest BCUT2D eigenvalue weighted by Gasteiger charge is -2.32. The number of amides is 2. The van der Waals surface area contributed by atoms with Gasteiger partial charge in [-0.2, -0.15) is 0 Å². The van der Waals surface area contributed by atoms with Crippen LogP contribution in [0.2, 0.25) is 0 Å². The zero-order valence-electron chi connectivity index (χ0n) is 16.7. The van der Waals surface area contributed by atoms with E-state index < -0.39 is 0 Å². The van der Waals surface area contributed by atoms with Crippen molar-refractivity contribution < 1.29 is 9.59 Å². The molecular weight excluding hydrogens is 406 g/mol. The quantitative estimate of drug-likeness (QED) is 0.762. The van der Waals surface area contributed by atoms with Crippen molar-refractivity contribution >= 4 is 40.6 Å². The van der Waals surface area contributed by atoms with Gasteiger partial charge in [-0.3, -0.25) is 9.59 Å². The maximum Gasteiger partial charge on any atom is 0.256 e. The molecule has 1 atom stereocenters. The van der Waals surface area contributed by atoms with Crippen LogP contribution in [0.4, 0.5) is 5.00 Å². The minimum absolute atomic E-state index is 0. The lowest BCUT2D eigenvalue weighted by atomic mass is 9.90. The number of nitrogens with one attached hydrogen (secondary N) is 2. The zero-order valence-corrected chi connectivity index (χ0v) is 18.3. The van der Waals surface area contributed by atoms with Crippen LogP contribution in [-0.2, 0) is 12.8 Å². The van der Waals surface area contributed by atoms with Crippen LogP contribution in [0.5, 0.6) is 0 Å². The molecule has 1 aliphatic heterocycles. The minimum Gasteiger partial charge on any atom is -0.337 e. The molecule has 7 heteroatoms. The van der Waals surface area contributed by atoms with E-state index in [-0.39, 0.29) is 24.2 Å². The van der Waals surface area contributed by atoms with E-state index in [2.05, 4.69) is 16.7 Å². The lowest BCUT2D eigenvalue weighted by Crippen LogP contribution is -2.47. The fraction of sp³-hybridized carbons (Fsp3) is 0.455. The van der Waals surface area contributed by atoms with Crippen molar-refractivity contribution in [1.29, 1.82) is 0 Å². The normalized spacial score (nSPS) is 18.5. The molecule has 1 aromatic heterocycles. The van der Waals surface area contributed by atoms with Crippen LogP contribution in [0.1, 0.15) is 57.5 Å². The number of nitrogens with zero attached hydrogens (tertiary/aromatic N) is 1. The van der Waals surface area contributed by atoms with E-state index in [1.807, 2.05) is 35.5 Å². The summed E-state index contributed by atoms with van der Waals surface area (Å²) in [6.07, 6.45) is 6.64. The molecule has 1 aliphatic carbocycles. The number of aryl methyl sites for hydroxylation is 2. The van der Waals surface area contributed by atoms with Crippen LogP contribution >= 0.6 is 23.7 Å². The van der Waals surface area contributed by atoms with Gasteiger partial charge in [0.15, 0.2) is 0 Å². The second kappa shape index (κ2) is 9.74. The second-order valence-electron chi connectivity index (χ2n) is 7.69. The number of benzene rings is 1. The summed E-state index contributed by atoms with van der Waals surface area (Å²) in [6.45, 7) is 1.48. The topological polar surface area (TPSA) is 61.4 Å². The van der Waals surface area contributed by atoms with Crippen LogP contribution < -0.4 is 10.6 Å². The number of hydrogen-bond acceptors (Lipinski definition) is 4. The molecule has 5 nitrogen and oxygen atoms in total. The van der Waals surface area contributed by atoms with Gasteiger partial charge in [0.05, 0.1) is 5.56 Å². The van der Waals surface area contributed by atoms with Gasteiger partial charge in [-0.1, -0.05) is 6.07 Å². The number of carbonyl (C=O) groups excluding carboxylic acids is 2. The summed E-state index contributed by atoms with van der Waals surface area (Å²) in [5.41, 5.74) is 3.90. The highest BCUT2D eigenvalue weighted by atomic mass is 35.5. The SMILES string of the molecule is CNC1CCCN(C(=O)c2ccsc2NC(=O)c2ccc3c(c2)CCCC3)C1.Cl. The standard InChI is InChI=1S/C22H27N3O2S.ClH/c1-23-18-7-4-11-25(14-18)22(27)19-10-12-28-21(19)24-20(26)17-9-8-15-5-2-3-6-16(15)13-17;/h8-10,12-13,18,23H,2-7,11,14H2,1H3,(H,24,26);1H. The first-order chi connectivity index (χ1) is 13.7. The van der Waals surface area contributed by atoms with E-state index in [0.717, 1.165) is 32.2 Å². The number of hydrogen-bond donors (Lipinski definition) is 2. The molecule has 0 spiro atoms. The predicted octanol–water partition coefficient (Wildman–Crippen LogP) is 4.13. The van der Waals surface area contributed by atoms with Gasteiger partial charge in [-0.25, -0.2) is 0 Å². The summed E-state index contributed by atoms with van der Waals surface area (Å²) >= 11 is 1.41. The Bertz CT molecular complexity index is 883. The number of anilines is 1. The van der Waals surface area contributed by atoms with E-state index in [0.29, 0.717) is 28.7 Å². The van der Waals surface area contributed by atoms with Gasteiger partial charge < -0.3 is 15.5 Å². The van der Waals surface area contributed by atoms with E-state index >= 15 is 0 Å². The first kappa shape index (κ1) is 21.8. The smallest absolute Gasteiger partial charge is 0.256 e. The Hall–Kier alpha value is -1.89. The Morgan fingerprint density at radius 1 is 1.10 bits per heavy atom. The van der Waals surface area contributed by atoms with Crippen molar-refractivity contribution in [1.82, 2.24) is 10.2 Å². The van der Waals surface area contributed by atoms with Gasteiger partial charge in [0.2, 0.25) is 0 Å². The predicted molar refractivity (Wildman–Crippen MR) is 121 cm³/mol. The summed E-state index contributed by atoms with van der Waals surface area (Å²) in [4.78, 5) is 27.7. The largest absolute Gasteiger partial charge is 0.337 e. The Kier molecular flexibility index (Phi) is 7.33. The molecule has 2 aromatic rings. The van der Waals surface area contributed by atoms with Crippen LogP contribution in [-0.4, -0.2) is 42.9 Å². The number of piperidine rings is 1. The maximum absolute atomic E-state index is 13.0. The van der Waals surface area contributed by atoms with E-state index in [1.165, 1.54) is 35.3 Å². The molecular formula is C22H28ClN3O2S. The molecule has 2 aliphatic rings. The highest BCUT2D eigenvalue weighted by Gasteiger charge is 2.26. The number of thiophene rings is 1. The van der Waals surface area contributed by atoms with Gasteiger partial charge in [0, 0.05) is 24.7 Å². The molecule has 2 amide bonds. The minimum atomic E-state index is -0.142. The van der Waals surface area contributed by atoms with Crippen molar-refractivity contribution in [2.24, 2.45) is 0 Å². The first-order valence-electron chi connectivity index (χ1n) is 10.1. The van der Waals surface area contributed by atoms with Crippen LogP contribution in [0.25, 0.3) is 0 Å². The number of carbonyl (C=O) groups is 2. The van der Waals surface area contributed by atoms with Crippen molar-refractivity contribution in [3.8, 4) is 0 Å². The summed E-state index contributed by atoms with van der Waals surface area (Å²) < 4.78 is 0. The van der Waals surface area contributed by atoms with Gasteiger partial charge in [0.1, 0.15) is 5.00 Å². The summed E-state index contributed by atoms with van der Waals surface area (Å²) in [5, 5.41) is 8.75. The Morgan fingerprint density at radius 2 is 1.90 bits per heavy atom. The molecule has 0 bridgehead atoms. The highest BCUT2D eigenvalue weighted by Crippen LogP contribution is 2.27. The number of rotatable bonds is 4. The molecule has 1 saturated heterocycles. The Balaban J connectivity index is 0.00000240. The van der Waals surface area contributed by atoms with Gasteiger partial charge in [-0.15, -0.1) is 23.7 Å². The fourth-order valence-electron chi connectivity index (χ4n) is 4.19. The van der Waals surface area contributed by atoms with Crippen molar-refractivity contribution in [2.45, 2.75) is 44.6 Å². The summed E-state index contributed by atoms with van der Waals surface area (Å²) in [6, 6.07) is 8.15. The van der Waals surface area contributed by atoms with Gasteiger partial charge in [-0.05, 0) is 80.3 Å². The van der Waals surface area contributed by atoms with E-state index in [1.54, 1.807) is 0 Å². The highest BCUT2D eigenvalue weighted by molar-refractivity contribution is 7.14. The molecule has 1 aromatic carbocycles. The van der Waals surface area contributed by atoms with Gasteiger partial charge >= 0.3 is 0 Å². The van der Waals surface area contributed by atoms with Crippen LogP contribution in [0.15, 0.2) is 29.6 Å². The third-order valence-electron chi connectivity index (χ3n) is 5.85. The van der Waals surface area contributed by atoms with Crippen molar-refractivity contribution in [2.75, 3.05) is 25.5 Å². The number of halogens is 1. The molecule has 2 N–H and O–H groups in total. The number of likely N-dealkylation sites (tertiary alicyclic amines) is 1. The molecule has 0 saturated carbocycles. The number of likely N-dealkylation sites (N-methyl/N-ethyl adjacent to an activating group) is 1. The fourth-order valence-corrected chi connectivity index (χ4v) is 4.97. The number of fused-ring (bicyclic) bond motifs is 1.